The zero-order chi connectivity index (χ0) is 19.8. The molecule has 2 heterocycles. The van der Waals surface area contributed by atoms with Crippen molar-refractivity contribution < 1.29 is 4.79 Å². The molecule has 2 N–H and O–H groups in total. The molecule has 5 rings (SSSR count). The molecule has 0 radical (unpaired) electrons. The van der Waals surface area contributed by atoms with Crippen LogP contribution < -0.4 is 10.9 Å². The van der Waals surface area contributed by atoms with Crippen LogP contribution in [0.1, 0.15) is 30.9 Å². The Morgan fingerprint density at radius 2 is 1.62 bits per heavy atom. The first-order valence-corrected chi connectivity index (χ1v) is 9.62. The molecular formula is C22H19N5O2. The number of anilines is 1. The highest BCUT2D eigenvalue weighted by atomic mass is 16.1. The smallest absolute Gasteiger partial charge is 0.294 e. The minimum atomic E-state index is -0.386. The second kappa shape index (κ2) is 7.01. The Kier molecular flexibility index (Phi) is 4.20. The average molecular weight is 385 g/mol. The molecule has 1 aliphatic heterocycles. The number of aromatic nitrogens is 2. The van der Waals surface area contributed by atoms with E-state index in [0.717, 1.165) is 24.1 Å². The summed E-state index contributed by atoms with van der Waals surface area (Å²) in [5.74, 6) is 0.650. The summed E-state index contributed by atoms with van der Waals surface area (Å²) in [4.78, 5) is 25.5. The molecule has 1 aliphatic carbocycles. The van der Waals surface area contributed by atoms with Gasteiger partial charge in [-0.1, -0.05) is 48.5 Å². The molecule has 2 aliphatic rings. The molecule has 0 saturated carbocycles. The number of nitrogens with zero attached hydrogens (tertiary/aromatic N) is 3. The van der Waals surface area contributed by atoms with Gasteiger partial charge in [-0.3, -0.25) is 19.4 Å². The number of aromatic amines is 1. The lowest BCUT2D eigenvalue weighted by Gasteiger charge is -2.33. The molecule has 0 saturated heterocycles. The van der Waals surface area contributed by atoms with Crippen molar-refractivity contribution in [2.75, 3.05) is 5.32 Å². The van der Waals surface area contributed by atoms with Crippen molar-refractivity contribution in [2.45, 2.75) is 25.3 Å². The van der Waals surface area contributed by atoms with Crippen LogP contribution >= 0.6 is 0 Å². The van der Waals surface area contributed by atoms with E-state index in [4.69, 9.17) is 0 Å². The Labute approximate surface area is 166 Å². The molecule has 7 nitrogen and oxygen atoms in total. The number of azo groups is 1. The van der Waals surface area contributed by atoms with Crippen LogP contribution in [-0.4, -0.2) is 15.6 Å². The molecule has 2 aromatic carbocycles. The van der Waals surface area contributed by atoms with Gasteiger partial charge in [-0.2, -0.15) is 5.11 Å². The van der Waals surface area contributed by atoms with Crippen molar-refractivity contribution in [1.82, 2.24) is 9.78 Å². The van der Waals surface area contributed by atoms with E-state index in [-0.39, 0.29) is 23.1 Å². The molecule has 0 fully saturated rings. The SMILES string of the molecule is O=C1CCCC2=C1C(c1ccccc1)n1[nH]c(=O)c(N=Nc3ccccc3)c1N2. The normalized spacial score (nSPS) is 18.5. The Balaban J connectivity index is 1.66. The van der Waals surface area contributed by atoms with Gasteiger partial charge in [-0.15, -0.1) is 5.11 Å². The quantitative estimate of drug-likeness (QED) is 0.645. The van der Waals surface area contributed by atoms with Gasteiger partial charge in [0, 0.05) is 17.7 Å². The van der Waals surface area contributed by atoms with Crippen molar-refractivity contribution in [3.8, 4) is 0 Å². The van der Waals surface area contributed by atoms with E-state index in [1.807, 2.05) is 60.7 Å². The van der Waals surface area contributed by atoms with Crippen molar-refractivity contribution in [1.29, 1.82) is 0 Å². The predicted molar refractivity (Wildman–Crippen MR) is 110 cm³/mol. The van der Waals surface area contributed by atoms with Crippen LogP contribution in [0, 0.1) is 0 Å². The molecule has 0 bridgehead atoms. The fourth-order valence-electron chi connectivity index (χ4n) is 3.98. The van der Waals surface area contributed by atoms with Crippen molar-refractivity contribution >= 4 is 23.0 Å². The number of hydrogen-bond acceptors (Lipinski definition) is 5. The fourth-order valence-corrected chi connectivity index (χ4v) is 3.98. The maximum absolute atomic E-state index is 12.8. The van der Waals surface area contributed by atoms with E-state index in [1.54, 1.807) is 4.68 Å². The first-order valence-electron chi connectivity index (χ1n) is 9.62. The maximum atomic E-state index is 12.8. The Bertz CT molecular complexity index is 1190. The molecule has 0 spiro atoms. The summed E-state index contributed by atoms with van der Waals surface area (Å²) in [5.41, 5.74) is 3.04. The van der Waals surface area contributed by atoms with Crippen molar-refractivity contribution in [3.05, 3.63) is 87.9 Å². The van der Waals surface area contributed by atoms with Crippen LogP contribution in [0.3, 0.4) is 0 Å². The molecule has 3 aromatic rings. The Hall–Kier alpha value is -3.74. The van der Waals surface area contributed by atoms with Gasteiger partial charge in [0.15, 0.2) is 17.3 Å². The largest absolute Gasteiger partial charge is 0.342 e. The number of nitrogens with one attached hydrogen (secondary N) is 2. The summed E-state index contributed by atoms with van der Waals surface area (Å²) in [7, 11) is 0. The summed E-state index contributed by atoms with van der Waals surface area (Å²) < 4.78 is 1.71. The van der Waals surface area contributed by atoms with E-state index < -0.39 is 0 Å². The summed E-state index contributed by atoms with van der Waals surface area (Å²) >= 11 is 0. The molecule has 29 heavy (non-hydrogen) atoms. The minimum Gasteiger partial charge on any atom is -0.342 e. The number of H-pyrrole nitrogens is 1. The topological polar surface area (TPSA) is 91.6 Å². The lowest BCUT2D eigenvalue weighted by Crippen LogP contribution is -2.31. The minimum absolute atomic E-state index is 0.111. The third-order valence-corrected chi connectivity index (χ3v) is 5.30. The second-order valence-electron chi connectivity index (χ2n) is 7.15. The number of carbonyl (C=O) groups is 1. The van der Waals surface area contributed by atoms with Gasteiger partial charge >= 0.3 is 0 Å². The molecular weight excluding hydrogens is 366 g/mol. The monoisotopic (exact) mass is 385 g/mol. The van der Waals surface area contributed by atoms with E-state index in [1.165, 1.54) is 0 Å². The average Bonchev–Trinajstić information content (AvgIpc) is 3.07. The van der Waals surface area contributed by atoms with Crippen molar-refractivity contribution in [3.63, 3.8) is 0 Å². The standard InChI is InChI=1S/C22H19N5O2/c28-17-13-7-12-16-18(17)20(14-8-3-1-4-9-14)27-21(23-16)19(22(29)26-27)25-24-15-10-5-2-6-11-15/h1-6,8-11,20,23H,7,12-13H2,(H,26,29). The maximum Gasteiger partial charge on any atom is 0.294 e. The van der Waals surface area contributed by atoms with Gasteiger partial charge < -0.3 is 5.32 Å². The Morgan fingerprint density at radius 1 is 0.897 bits per heavy atom. The van der Waals surface area contributed by atoms with Gasteiger partial charge in [0.1, 0.15) is 6.04 Å². The van der Waals surface area contributed by atoms with Crippen LogP contribution in [-0.2, 0) is 4.79 Å². The van der Waals surface area contributed by atoms with E-state index >= 15 is 0 Å². The van der Waals surface area contributed by atoms with Crippen molar-refractivity contribution in [2.24, 2.45) is 10.2 Å². The molecule has 144 valence electrons. The summed E-state index contributed by atoms with van der Waals surface area (Å²) in [6, 6.07) is 18.6. The highest BCUT2D eigenvalue weighted by Crippen LogP contribution is 2.42. The fraction of sp³-hybridized carbons (Fsp3) is 0.182. The summed E-state index contributed by atoms with van der Waals surface area (Å²) in [5, 5.41) is 14.6. The number of allylic oxidation sites excluding steroid dienone is 2. The molecule has 1 aromatic heterocycles. The molecule has 1 unspecified atom stereocenters. The van der Waals surface area contributed by atoms with E-state index in [2.05, 4.69) is 20.6 Å². The zero-order valence-corrected chi connectivity index (χ0v) is 15.6. The van der Waals surface area contributed by atoms with Gasteiger partial charge in [0.2, 0.25) is 0 Å². The van der Waals surface area contributed by atoms with Crippen LogP contribution in [0.15, 0.2) is 87.0 Å². The van der Waals surface area contributed by atoms with Gasteiger partial charge in [-0.25, -0.2) is 0 Å². The van der Waals surface area contributed by atoms with E-state index in [9.17, 15) is 9.59 Å². The van der Waals surface area contributed by atoms with E-state index in [0.29, 0.717) is 23.5 Å². The lowest BCUT2D eigenvalue weighted by atomic mass is 9.85. The predicted octanol–water partition coefficient (Wildman–Crippen LogP) is 4.61. The van der Waals surface area contributed by atoms with Crippen LogP contribution in [0.25, 0.3) is 0 Å². The van der Waals surface area contributed by atoms with Gasteiger partial charge in [-0.05, 0) is 30.5 Å². The first-order chi connectivity index (χ1) is 14.2. The zero-order valence-electron chi connectivity index (χ0n) is 15.6. The number of rotatable bonds is 3. The van der Waals surface area contributed by atoms with Crippen LogP contribution in [0.5, 0.6) is 0 Å². The second-order valence-corrected chi connectivity index (χ2v) is 7.15. The highest BCUT2D eigenvalue weighted by molar-refractivity contribution is 5.99. The molecule has 1 atom stereocenters. The number of benzene rings is 2. The number of carbonyl (C=O) groups excluding carboxylic acids is 1. The first kappa shape index (κ1) is 17.4. The number of Topliss-reactive ketones (excluding diaryl/α,β-unsaturated/α-hetero) is 1. The highest BCUT2D eigenvalue weighted by Gasteiger charge is 2.37. The van der Waals surface area contributed by atoms with Gasteiger partial charge in [0.25, 0.3) is 5.56 Å². The van der Waals surface area contributed by atoms with Crippen LogP contribution in [0.4, 0.5) is 17.2 Å². The third-order valence-electron chi connectivity index (χ3n) is 5.30. The summed E-state index contributed by atoms with van der Waals surface area (Å²) in [6.45, 7) is 0. The number of hydrogen-bond donors (Lipinski definition) is 2. The Morgan fingerprint density at radius 3 is 2.38 bits per heavy atom. The molecule has 0 amide bonds. The third kappa shape index (κ3) is 3.00. The number of ketones is 1. The van der Waals surface area contributed by atoms with Crippen LogP contribution in [0.2, 0.25) is 0 Å². The number of fused-ring (bicyclic) bond motifs is 1. The lowest BCUT2D eigenvalue weighted by molar-refractivity contribution is -0.116. The van der Waals surface area contributed by atoms with Gasteiger partial charge in [0.05, 0.1) is 5.69 Å². The summed E-state index contributed by atoms with van der Waals surface area (Å²) in [6.07, 6.45) is 2.08. The molecule has 7 heteroatoms.